The number of amides is 1. The first-order chi connectivity index (χ1) is 13.4. The van der Waals surface area contributed by atoms with Gasteiger partial charge in [-0.2, -0.15) is 0 Å². The molecule has 0 saturated heterocycles. The summed E-state index contributed by atoms with van der Waals surface area (Å²) < 4.78 is 28.4. The van der Waals surface area contributed by atoms with Crippen molar-refractivity contribution in [3.63, 3.8) is 0 Å². The molecule has 1 amide bonds. The van der Waals surface area contributed by atoms with Crippen molar-refractivity contribution in [1.82, 2.24) is 10.6 Å². The third-order valence-electron chi connectivity index (χ3n) is 4.68. The van der Waals surface area contributed by atoms with Crippen LogP contribution in [-0.2, 0) is 10.0 Å². The molecule has 0 spiro atoms. The molecule has 6 nitrogen and oxygen atoms in total. The van der Waals surface area contributed by atoms with Crippen molar-refractivity contribution in [1.29, 1.82) is 0 Å². The van der Waals surface area contributed by atoms with Crippen LogP contribution in [-0.4, -0.2) is 34.0 Å². The average molecular weight is 436 g/mol. The van der Waals surface area contributed by atoms with Gasteiger partial charge in [0.25, 0.3) is 15.9 Å². The van der Waals surface area contributed by atoms with Crippen molar-refractivity contribution in [3.8, 4) is 0 Å². The lowest BCUT2D eigenvalue weighted by Crippen LogP contribution is -2.30. The Morgan fingerprint density at radius 2 is 1.90 bits per heavy atom. The van der Waals surface area contributed by atoms with Crippen LogP contribution in [0.4, 0.5) is 5.69 Å². The molecule has 0 aromatic heterocycles. The summed E-state index contributed by atoms with van der Waals surface area (Å²) >= 11 is 0. The number of aryl methyl sites for hydroxylation is 2. The summed E-state index contributed by atoms with van der Waals surface area (Å²) in [6.07, 6.45) is 2.96. The van der Waals surface area contributed by atoms with Crippen molar-refractivity contribution in [2.75, 3.05) is 24.4 Å². The fraction of sp³-hybridized carbons (Fsp3) is 0.286. The molecule has 0 aliphatic carbocycles. The van der Waals surface area contributed by atoms with E-state index in [1.54, 1.807) is 43.3 Å². The average Bonchev–Trinajstić information content (AvgIpc) is 2.69. The minimum absolute atomic E-state index is 0. The van der Waals surface area contributed by atoms with Crippen molar-refractivity contribution >= 4 is 34.0 Å². The van der Waals surface area contributed by atoms with E-state index in [1.165, 1.54) is 5.57 Å². The highest BCUT2D eigenvalue weighted by atomic mass is 35.5. The Labute approximate surface area is 178 Å². The monoisotopic (exact) mass is 435 g/mol. The number of hydrogen-bond acceptors (Lipinski definition) is 4. The van der Waals surface area contributed by atoms with Gasteiger partial charge in [-0.1, -0.05) is 35.9 Å². The highest BCUT2D eigenvalue weighted by Crippen LogP contribution is 2.23. The Bertz CT molecular complexity index is 1020. The van der Waals surface area contributed by atoms with Gasteiger partial charge in [0.15, 0.2) is 0 Å². The lowest BCUT2D eigenvalue weighted by Gasteiger charge is -2.16. The van der Waals surface area contributed by atoms with Gasteiger partial charge in [0.2, 0.25) is 0 Å². The maximum Gasteiger partial charge on any atom is 0.262 e. The molecule has 1 heterocycles. The fourth-order valence-electron chi connectivity index (χ4n) is 3.09. The second kappa shape index (κ2) is 9.91. The topological polar surface area (TPSA) is 87.3 Å². The van der Waals surface area contributed by atoms with Crippen LogP contribution in [0.2, 0.25) is 0 Å². The third kappa shape index (κ3) is 5.82. The second-order valence-corrected chi connectivity index (χ2v) is 8.57. The molecule has 1 aliphatic heterocycles. The first-order valence-corrected chi connectivity index (χ1v) is 10.7. The third-order valence-corrected chi connectivity index (χ3v) is 6.19. The Hall–Kier alpha value is -2.35. The number of hydrogen-bond donors (Lipinski definition) is 3. The van der Waals surface area contributed by atoms with E-state index < -0.39 is 10.0 Å². The molecule has 0 saturated carbocycles. The lowest BCUT2D eigenvalue weighted by molar-refractivity contribution is 0.0957. The van der Waals surface area contributed by atoms with Crippen molar-refractivity contribution in [2.45, 2.75) is 25.2 Å². The molecule has 1 aliphatic rings. The van der Waals surface area contributed by atoms with Gasteiger partial charge in [-0.3, -0.25) is 9.52 Å². The molecule has 2 aromatic carbocycles. The summed E-state index contributed by atoms with van der Waals surface area (Å²) in [6.45, 7) is 5.75. The van der Waals surface area contributed by atoms with Gasteiger partial charge in [0.1, 0.15) is 0 Å². The zero-order valence-electron chi connectivity index (χ0n) is 16.5. The van der Waals surface area contributed by atoms with E-state index in [-0.39, 0.29) is 28.9 Å². The van der Waals surface area contributed by atoms with E-state index in [0.29, 0.717) is 17.7 Å². The van der Waals surface area contributed by atoms with Gasteiger partial charge in [-0.25, -0.2) is 8.42 Å². The molecular weight excluding hydrogens is 410 g/mol. The van der Waals surface area contributed by atoms with E-state index in [2.05, 4.69) is 21.4 Å². The molecule has 8 heteroatoms. The number of carbonyl (C=O) groups is 1. The van der Waals surface area contributed by atoms with Gasteiger partial charge in [-0.05, 0) is 56.1 Å². The van der Waals surface area contributed by atoms with Crippen LogP contribution < -0.4 is 15.4 Å². The summed E-state index contributed by atoms with van der Waals surface area (Å²) in [5, 5.41) is 6.11. The Kier molecular flexibility index (Phi) is 7.84. The normalized spacial score (nSPS) is 13.8. The molecule has 3 N–H and O–H groups in total. The summed E-state index contributed by atoms with van der Waals surface area (Å²) in [7, 11) is -3.81. The quantitative estimate of drug-likeness (QED) is 0.608. The maximum absolute atomic E-state index is 12.9. The van der Waals surface area contributed by atoms with Gasteiger partial charge in [0.05, 0.1) is 16.1 Å². The highest BCUT2D eigenvalue weighted by Gasteiger charge is 2.20. The number of carbonyl (C=O) groups excluding carboxylic acids is 1. The van der Waals surface area contributed by atoms with Crippen LogP contribution in [0.3, 0.4) is 0 Å². The van der Waals surface area contributed by atoms with Crippen LogP contribution in [0, 0.1) is 13.8 Å². The molecule has 2 aromatic rings. The molecule has 0 bridgehead atoms. The zero-order valence-corrected chi connectivity index (χ0v) is 18.1. The molecule has 0 fully saturated rings. The summed E-state index contributed by atoms with van der Waals surface area (Å²) in [5.41, 5.74) is 3.23. The molecule has 156 valence electrons. The van der Waals surface area contributed by atoms with E-state index in [1.807, 2.05) is 13.0 Å². The lowest BCUT2D eigenvalue weighted by atomic mass is 10.1. The minimum Gasteiger partial charge on any atom is -0.348 e. The van der Waals surface area contributed by atoms with Gasteiger partial charge in [0, 0.05) is 13.1 Å². The fourth-order valence-corrected chi connectivity index (χ4v) is 4.50. The van der Waals surface area contributed by atoms with Crippen LogP contribution >= 0.6 is 12.4 Å². The van der Waals surface area contributed by atoms with Crippen molar-refractivity contribution in [3.05, 3.63) is 70.8 Å². The predicted molar refractivity (Wildman–Crippen MR) is 118 cm³/mol. The molecule has 3 rings (SSSR count). The number of anilines is 1. The molecule has 29 heavy (non-hydrogen) atoms. The first-order valence-electron chi connectivity index (χ1n) is 9.23. The van der Waals surface area contributed by atoms with Crippen LogP contribution in [0.1, 0.15) is 27.9 Å². The SMILES string of the molecule is Cc1ccc(C)c(S(=O)(=O)Nc2ccccc2C(=O)NCC2=CCNCC2)c1.Cl. The summed E-state index contributed by atoms with van der Waals surface area (Å²) in [6, 6.07) is 11.9. The number of halogens is 1. The summed E-state index contributed by atoms with van der Waals surface area (Å²) in [4.78, 5) is 12.9. The number of nitrogens with one attached hydrogen (secondary N) is 3. The number of sulfonamides is 1. The van der Waals surface area contributed by atoms with Crippen molar-refractivity contribution in [2.24, 2.45) is 0 Å². The molecular formula is C21H26ClN3O3S. The second-order valence-electron chi connectivity index (χ2n) is 6.92. The zero-order chi connectivity index (χ0) is 20.1. The van der Waals surface area contributed by atoms with Gasteiger partial charge >= 0.3 is 0 Å². The number of benzene rings is 2. The molecule has 0 atom stereocenters. The number of para-hydroxylation sites is 1. The van der Waals surface area contributed by atoms with Crippen LogP contribution in [0.5, 0.6) is 0 Å². The molecule has 0 radical (unpaired) electrons. The van der Waals surface area contributed by atoms with Gasteiger partial charge in [-0.15, -0.1) is 12.4 Å². The van der Waals surface area contributed by atoms with Gasteiger partial charge < -0.3 is 10.6 Å². The van der Waals surface area contributed by atoms with E-state index in [0.717, 1.165) is 25.1 Å². The first kappa shape index (κ1) is 22.9. The highest BCUT2D eigenvalue weighted by molar-refractivity contribution is 7.92. The van der Waals surface area contributed by atoms with E-state index >= 15 is 0 Å². The van der Waals surface area contributed by atoms with E-state index in [4.69, 9.17) is 0 Å². The van der Waals surface area contributed by atoms with Crippen LogP contribution in [0.15, 0.2) is 59.0 Å². The largest absolute Gasteiger partial charge is 0.348 e. The van der Waals surface area contributed by atoms with Crippen LogP contribution in [0.25, 0.3) is 0 Å². The van der Waals surface area contributed by atoms with Crippen molar-refractivity contribution < 1.29 is 13.2 Å². The Morgan fingerprint density at radius 1 is 1.14 bits per heavy atom. The predicted octanol–water partition coefficient (Wildman–Crippen LogP) is 3.18. The number of rotatable bonds is 6. The summed E-state index contributed by atoms with van der Waals surface area (Å²) in [5.74, 6) is -0.307. The standard InChI is InChI=1S/C21H25N3O3S.ClH/c1-15-7-8-16(2)20(13-15)28(26,27)24-19-6-4-3-5-18(19)21(25)23-14-17-9-11-22-12-10-17;/h3-9,13,22,24H,10-12,14H2,1-2H3,(H,23,25);1H. The Morgan fingerprint density at radius 3 is 2.62 bits per heavy atom. The minimum atomic E-state index is -3.81. The smallest absolute Gasteiger partial charge is 0.262 e. The maximum atomic E-state index is 12.9. The molecule has 0 unspecified atom stereocenters. The van der Waals surface area contributed by atoms with E-state index in [9.17, 15) is 13.2 Å². The Balaban J connectivity index is 0.00000300.